The molecule has 0 radical (unpaired) electrons. The Morgan fingerprint density at radius 2 is 1.50 bits per heavy atom. The summed E-state index contributed by atoms with van der Waals surface area (Å²) in [5.41, 5.74) is 5.57. The summed E-state index contributed by atoms with van der Waals surface area (Å²) in [5.74, 6) is 0.148. The number of hydrogen-bond acceptors (Lipinski definition) is 2. The molecule has 18 heavy (non-hydrogen) atoms. The number of nitrogens with two attached hydrogens (primary N) is 1. The smallest absolute Gasteiger partial charge is 0.220 e. The number of amides is 1. The van der Waals surface area contributed by atoms with Crippen molar-refractivity contribution in [3.05, 3.63) is 0 Å². The lowest BCUT2D eigenvalue weighted by atomic mass is 10.1. The van der Waals surface area contributed by atoms with Gasteiger partial charge >= 0.3 is 0 Å². The van der Waals surface area contributed by atoms with Crippen molar-refractivity contribution in [3.63, 3.8) is 0 Å². The zero-order valence-corrected chi connectivity index (χ0v) is 12.3. The molecule has 0 aromatic heterocycles. The van der Waals surface area contributed by atoms with Crippen molar-refractivity contribution in [1.82, 2.24) is 5.32 Å². The van der Waals surface area contributed by atoms with Gasteiger partial charge in [0.05, 0.1) is 0 Å². The van der Waals surface area contributed by atoms with E-state index in [1.807, 2.05) is 6.92 Å². The summed E-state index contributed by atoms with van der Waals surface area (Å²) in [6.07, 6.45) is 12.3. The van der Waals surface area contributed by atoms with Gasteiger partial charge in [0, 0.05) is 19.0 Å². The fourth-order valence-electron chi connectivity index (χ4n) is 1.96. The van der Waals surface area contributed by atoms with E-state index in [4.69, 9.17) is 5.73 Å². The molecule has 0 fully saturated rings. The predicted octanol–water partition coefficient (Wildman–Crippen LogP) is 3.37. The quantitative estimate of drug-likeness (QED) is 0.526. The molecule has 0 bridgehead atoms. The van der Waals surface area contributed by atoms with Crippen molar-refractivity contribution in [3.8, 4) is 0 Å². The van der Waals surface area contributed by atoms with Crippen LogP contribution >= 0.6 is 0 Å². The fraction of sp³-hybridized carbons (Fsp3) is 0.933. The van der Waals surface area contributed by atoms with E-state index in [2.05, 4.69) is 12.2 Å². The lowest BCUT2D eigenvalue weighted by molar-refractivity contribution is -0.121. The van der Waals surface area contributed by atoms with E-state index in [9.17, 15) is 4.79 Å². The van der Waals surface area contributed by atoms with Gasteiger partial charge in [-0.3, -0.25) is 4.79 Å². The van der Waals surface area contributed by atoms with Crippen LogP contribution in [0.3, 0.4) is 0 Å². The Labute approximate surface area is 113 Å². The summed E-state index contributed by atoms with van der Waals surface area (Å²) in [7, 11) is 0. The van der Waals surface area contributed by atoms with Crippen molar-refractivity contribution < 1.29 is 4.79 Å². The number of carbonyl (C=O) groups is 1. The lowest BCUT2D eigenvalue weighted by Crippen LogP contribution is -2.34. The molecule has 0 saturated heterocycles. The molecule has 0 aromatic carbocycles. The monoisotopic (exact) mass is 256 g/mol. The zero-order valence-electron chi connectivity index (χ0n) is 12.3. The minimum atomic E-state index is 0.0528. The van der Waals surface area contributed by atoms with Crippen LogP contribution in [0, 0.1) is 0 Å². The first kappa shape index (κ1) is 17.4. The number of nitrogens with one attached hydrogen (secondary N) is 1. The summed E-state index contributed by atoms with van der Waals surface area (Å²) < 4.78 is 0. The van der Waals surface area contributed by atoms with E-state index < -0.39 is 0 Å². The molecular formula is C15H32N2O. The van der Waals surface area contributed by atoms with Crippen molar-refractivity contribution in [2.24, 2.45) is 5.73 Å². The molecule has 108 valence electrons. The average Bonchev–Trinajstić information content (AvgIpc) is 2.34. The Bertz CT molecular complexity index is 193. The van der Waals surface area contributed by atoms with Gasteiger partial charge in [-0.2, -0.15) is 0 Å². The molecule has 0 saturated carbocycles. The van der Waals surface area contributed by atoms with Crippen LogP contribution in [0.15, 0.2) is 0 Å². The number of carbonyl (C=O) groups excluding carboxylic acids is 1. The molecule has 0 aliphatic heterocycles. The van der Waals surface area contributed by atoms with Crippen LogP contribution in [0.2, 0.25) is 0 Å². The zero-order chi connectivity index (χ0) is 13.6. The molecule has 1 unspecified atom stereocenters. The summed E-state index contributed by atoms with van der Waals surface area (Å²) >= 11 is 0. The Kier molecular flexibility index (Phi) is 12.5. The molecule has 3 nitrogen and oxygen atoms in total. The van der Waals surface area contributed by atoms with Crippen LogP contribution in [-0.2, 0) is 4.79 Å². The van der Waals surface area contributed by atoms with Gasteiger partial charge in [-0.15, -0.1) is 0 Å². The first-order valence-electron chi connectivity index (χ1n) is 7.69. The topological polar surface area (TPSA) is 55.1 Å². The van der Waals surface area contributed by atoms with E-state index >= 15 is 0 Å². The number of hydrogen-bond donors (Lipinski definition) is 2. The highest BCUT2D eigenvalue weighted by Crippen LogP contribution is 2.10. The number of unbranched alkanes of at least 4 members (excludes halogenated alkanes) is 8. The summed E-state index contributed by atoms with van der Waals surface area (Å²) in [5, 5.41) is 2.84. The molecule has 3 N–H and O–H groups in total. The van der Waals surface area contributed by atoms with Crippen LogP contribution in [0.1, 0.15) is 78.1 Å². The van der Waals surface area contributed by atoms with Gasteiger partial charge in [0.2, 0.25) is 5.91 Å². The Morgan fingerprint density at radius 3 is 2.00 bits per heavy atom. The van der Waals surface area contributed by atoms with E-state index in [0.717, 1.165) is 6.42 Å². The molecule has 0 heterocycles. The van der Waals surface area contributed by atoms with Crippen LogP contribution in [0.4, 0.5) is 0 Å². The highest BCUT2D eigenvalue weighted by Gasteiger charge is 2.01. The highest BCUT2D eigenvalue weighted by atomic mass is 16.1. The van der Waals surface area contributed by atoms with Gasteiger partial charge in [-0.05, 0) is 13.3 Å². The maximum Gasteiger partial charge on any atom is 0.220 e. The van der Waals surface area contributed by atoms with Crippen LogP contribution in [0.5, 0.6) is 0 Å². The molecule has 0 aliphatic rings. The maximum atomic E-state index is 11.4. The van der Waals surface area contributed by atoms with E-state index in [-0.39, 0.29) is 11.9 Å². The van der Waals surface area contributed by atoms with Gasteiger partial charge in [-0.25, -0.2) is 0 Å². The van der Waals surface area contributed by atoms with Gasteiger partial charge in [0.1, 0.15) is 0 Å². The van der Waals surface area contributed by atoms with Crippen molar-refractivity contribution in [2.45, 2.75) is 84.1 Å². The van der Waals surface area contributed by atoms with Crippen LogP contribution < -0.4 is 11.1 Å². The average molecular weight is 256 g/mol. The normalized spacial score (nSPS) is 12.4. The van der Waals surface area contributed by atoms with Gasteiger partial charge < -0.3 is 11.1 Å². The first-order valence-corrected chi connectivity index (χ1v) is 7.69. The largest absolute Gasteiger partial charge is 0.355 e. The number of rotatable bonds is 12. The van der Waals surface area contributed by atoms with E-state index in [0.29, 0.717) is 13.0 Å². The maximum absolute atomic E-state index is 11.4. The molecule has 0 aliphatic carbocycles. The van der Waals surface area contributed by atoms with Crippen LogP contribution in [0.25, 0.3) is 0 Å². The Morgan fingerprint density at radius 1 is 1.00 bits per heavy atom. The fourth-order valence-corrected chi connectivity index (χ4v) is 1.96. The van der Waals surface area contributed by atoms with E-state index in [1.54, 1.807) is 0 Å². The summed E-state index contributed by atoms with van der Waals surface area (Å²) in [6.45, 7) is 4.74. The second kappa shape index (κ2) is 12.9. The summed E-state index contributed by atoms with van der Waals surface area (Å²) in [6, 6.07) is 0.0528. The third kappa shape index (κ3) is 13.5. The molecule has 0 rings (SSSR count). The molecule has 1 atom stereocenters. The predicted molar refractivity (Wildman–Crippen MR) is 78.5 cm³/mol. The lowest BCUT2D eigenvalue weighted by Gasteiger charge is -2.07. The molecular weight excluding hydrogens is 224 g/mol. The van der Waals surface area contributed by atoms with Crippen LogP contribution in [-0.4, -0.2) is 18.5 Å². The molecule has 3 heteroatoms. The standard InChI is InChI=1S/C15H32N2O/c1-3-4-5-6-7-8-9-10-11-12-15(18)17-13-14(2)16/h14H,3-13,16H2,1-2H3,(H,17,18). The van der Waals surface area contributed by atoms with E-state index in [1.165, 1.54) is 51.4 Å². The SMILES string of the molecule is CCCCCCCCCCCC(=O)NCC(C)N. The molecule has 0 spiro atoms. The second-order valence-corrected chi connectivity index (χ2v) is 5.36. The third-order valence-electron chi connectivity index (χ3n) is 3.13. The Balaban J connectivity index is 3.12. The second-order valence-electron chi connectivity index (χ2n) is 5.36. The van der Waals surface area contributed by atoms with Crippen molar-refractivity contribution in [2.75, 3.05) is 6.54 Å². The highest BCUT2D eigenvalue weighted by molar-refractivity contribution is 5.75. The first-order chi connectivity index (χ1) is 8.66. The molecule has 1 amide bonds. The summed E-state index contributed by atoms with van der Waals surface area (Å²) in [4.78, 5) is 11.4. The van der Waals surface area contributed by atoms with Crippen molar-refractivity contribution >= 4 is 5.91 Å². The molecule has 0 aromatic rings. The van der Waals surface area contributed by atoms with Gasteiger partial charge in [-0.1, -0.05) is 58.3 Å². The minimum Gasteiger partial charge on any atom is -0.355 e. The van der Waals surface area contributed by atoms with Crippen molar-refractivity contribution in [1.29, 1.82) is 0 Å². The van der Waals surface area contributed by atoms with Gasteiger partial charge in [0.25, 0.3) is 0 Å². The third-order valence-corrected chi connectivity index (χ3v) is 3.13. The Hall–Kier alpha value is -0.570. The minimum absolute atomic E-state index is 0.0528. The van der Waals surface area contributed by atoms with Gasteiger partial charge in [0.15, 0.2) is 0 Å².